The number of sulfonamides is 1. The normalized spacial score (nSPS) is 14.6. The average Bonchev–Trinajstić information content (AvgIpc) is 2.78. The maximum absolute atomic E-state index is 12.7. The first-order valence-corrected chi connectivity index (χ1v) is 10.7. The van der Waals surface area contributed by atoms with Crippen molar-refractivity contribution in [2.45, 2.75) is 4.90 Å². The highest BCUT2D eigenvalue weighted by atomic mass is 35.5. The van der Waals surface area contributed by atoms with Gasteiger partial charge in [-0.3, -0.25) is 30.6 Å². The molecule has 0 aliphatic carbocycles. The predicted molar refractivity (Wildman–Crippen MR) is 109 cm³/mol. The molecule has 2 aromatic rings. The van der Waals surface area contributed by atoms with Crippen molar-refractivity contribution in [3.05, 3.63) is 68.7 Å². The zero-order chi connectivity index (χ0) is 22.6. The molecule has 0 unspecified atom stereocenters. The average molecular weight is 469 g/mol. The number of rotatable bonds is 5. The Bertz CT molecular complexity index is 1130. The van der Waals surface area contributed by atoms with E-state index in [1.807, 2.05) is 0 Å². The number of hydrogen-bond acceptors (Lipinski definition) is 7. The topological polar surface area (TPSA) is 148 Å². The van der Waals surface area contributed by atoms with Gasteiger partial charge in [0.25, 0.3) is 17.5 Å². The van der Waals surface area contributed by atoms with E-state index >= 15 is 0 Å². The highest BCUT2D eigenvalue weighted by Crippen LogP contribution is 2.22. The summed E-state index contributed by atoms with van der Waals surface area (Å²) >= 11 is 5.90. The molecule has 31 heavy (non-hydrogen) atoms. The smallest absolute Gasteiger partial charge is 0.271 e. The number of halogens is 1. The van der Waals surface area contributed by atoms with E-state index < -0.39 is 26.8 Å². The van der Waals surface area contributed by atoms with Crippen molar-refractivity contribution in [3.63, 3.8) is 0 Å². The van der Waals surface area contributed by atoms with Gasteiger partial charge in [0.2, 0.25) is 10.0 Å². The third-order valence-corrected chi connectivity index (χ3v) is 6.62. The molecule has 2 N–H and O–H groups in total. The Morgan fingerprint density at radius 2 is 1.74 bits per heavy atom. The van der Waals surface area contributed by atoms with Crippen molar-refractivity contribution in [1.29, 1.82) is 0 Å². The second-order valence-corrected chi connectivity index (χ2v) is 8.72. The Morgan fingerprint density at radius 1 is 1.06 bits per heavy atom. The monoisotopic (exact) mass is 468 g/mol. The van der Waals surface area contributed by atoms with Gasteiger partial charge in [0, 0.05) is 30.8 Å². The number of carbonyl (C=O) groups excluding carboxylic acids is 2. The van der Waals surface area contributed by atoms with E-state index in [1.165, 1.54) is 34.6 Å². The molecule has 1 heterocycles. The van der Waals surface area contributed by atoms with E-state index in [0.717, 1.165) is 12.1 Å². The highest BCUT2D eigenvalue weighted by Gasteiger charge is 2.27. The van der Waals surface area contributed by atoms with E-state index in [-0.39, 0.29) is 53.0 Å². The Labute approximate surface area is 182 Å². The zero-order valence-electron chi connectivity index (χ0n) is 15.9. The fourth-order valence-corrected chi connectivity index (χ4v) is 4.45. The maximum Gasteiger partial charge on any atom is 0.271 e. The Balaban J connectivity index is 1.72. The molecule has 3 rings (SSSR count). The summed E-state index contributed by atoms with van der Waals surface area (Å²) in [6.45, 7) is 0.981. The molecular weight excluding hydrogens is 452 g/mol. The molecule has 1 fully saturated rings. The Morgan fingerprint density at radius 3 is 2.42 bits per heavy atom. The van der Waals surface area contributed by atoms with Crippen molar-refractivity contribution in [2.75, 3.05) is 26.3 Å². The Kier molecular flexibility index (Phi) is 6.85. The molecule has 0 radical (unpaired) electrons. The summed E-state index contributed by atoms with van der Waals surface area (Å²) in [4.78, 5) is 34.8. The molecule has 2 amide bonds. The first-order chi connectivity index (χ1) is 14.7. The molecule has 164 valence electrons. The van der Waals surface area contributed by atoms with Crippen LogP contribution in [0.3, 0.4) is 0 Å². The number of nitro benzene ring substituents is 1. The number of nitrogens with zero attached hydrogens (tertiary/aromatic N) is 2. The van der Waals surface area contributed by atoms with Crippen molar-refractivity contribution in [3.8, 4) is 0 Å². The number of carbonyl (C=O) groups is 2. The molecule has 1 saturated heterocycles. The molecule has 0 aromatic heterocycles. The van der Waals surface area contributed by atoms with Gasteiger partial charge in [-0.2, -0.15) is 4.31 Å². The summed E-state index contributed by atoms with van der Waals surface area (Å²) in [5, 5.41) is 10.8. The van der Waals surface area contributed by atoms with Gasteiger partial charge in [-0.25, -0.2) is 8.42 Å². The van der Waals surface area contributed by atoms with Gasteiger partial charge in [0.15, 0.2) is 0 Å². The molecule has 1 aliphatic rings. The van der Waals surface area contributed by atoms with Crippen LogP contribution in [0.25, 0.3) is 0 Å². The zero-order valence-corrected chi connectivity index (χ0v) is 17.5. The quantitative estimate of drug-likeness (QED) is 0.497. The molecule has 2 aromatic carbocycles. The lowest BCUT2D eigenvalue weighted by Gasteiger charge is -2.26. The summed E-state index contributed by atoms with van der Waals surface area (Å²) in [6, 6.07) is 8.63. The van der Waals surface area contributed by atoms with Crippen LogP contribution in [-0.4, -0.2) is 55.8 Å². The largest absolute Gasteiger partial charge is 0.379 e. The van der Waals surface area contributed by atoms with Crippen LogP contribution in [0.5, 0.6) is 0 Å². The number of nitrogens with one attached hydrogen (secondary N) is 2. The summed E-state index contributed by atoms with van der Waals surface area (Å²) in [5.74, 6) is -1.66. The molecule has 0 atom stereocenters. The molecule has 1 aliphatic heterocycles. The van der Waals surface area contributed by atoms with E-state index in [2.05, 4.69) is 10.9 Å². The van der Waals surface area contributed by atoms with Gasteiger partial charge in [0.05, 0.1) is 33.6 Å². The number of ether oxygens (including phenoxy) is 1. The minimum Gasteiger partial charge on any atom is -0.379 e. The minimum atomic E-state index is -3.81. The number of hydrogen-bond donors (Lipinski definition) is 2. The molecule has 0 bridgehead atoms. The number of morpholine rings is 1. The second-order valence-electron chi connectivity index (χ2n) is 6.37. The van der Waals surface area contributed by atoms with Crippen LogP contribution in [0.15, 0.2) is 47.4 Å². The molecule has 0 spiro atoms. The molecule has 11 nitrogen and oxygen atoms in total. The number of non-ortho nitro benzene ring substituents is 1. The second kappa shape index (κ2) is 9.39. The van der Waals surface area contributed by atoms with Crippen LogP contribution >= 0.6 is 11.6 Å². The summed E-state index contributed by atoms with van der Waals surface area (Å²) in [5.41, 5.74) is 3.67. The molecule has 0 saturated carbocycles. The SMILES string of the molecule is O=C(NNC(=O)c1cc([N+](=O)[O-])ccc1Cl)c1cccc(S(=O)(=O)N2CCOCC2)c1. The standard InChI is InChI=1S/C18H17ClN4O7S/c19-16-5-4-13(23(26)27)11-15(16)18(25)21-20-17(24)12-2-1-3-14(10-12)31(28,29)22-6-8-30-9-7-22/h1-5,10-11H,6-9H2,(H,20,24)(H,21,25). The lowest BCUT2D eigenvalue weighted by Crippen LogP contribution is -2.42. The van der Waals surface area contributed by atoms with E-state index in [1.54, 1.807) is 0 Å². The van der Waals surface area contributed by atoms with Gasteiger partial charge in [0.1, 0.15) is 0 Å². The van der Waals surface area contributed by atoms with Crippen LogP contribution in [0.1, 0.15) is 20.7 Å². The number of nitro groups is 1. The van der Waals surface area contributed by atoms with Crippen LogP contribution in [0.4, 0.5) is 5.69 Å². The fraction of sp³-hybridized carbons (Fsp3) is 0.222. The van der Waals surface area contributed by atoms with Crippen molar-refractivity contribution in [2.24, 2.45) is 0 Å². The lowest BCUT2D eigenvalue weighted by molar-refractivity contribution is -0.384. The lowest BCUT2D eigenvalue weighted by atomic mass is 10.2. The summed E-state index contributed by atoms with van der Waals surface area (Å²) in [6.07, 6.45) is 0. The maximum atomic E-state index is 12.7. The van der Waals surface area contributed by atoms with Gasteiger partial charge >= 0.3 is 0 Å². The van der Waals surface area contributed by atoms with Gasteiger partial charge in [-0.1, -0.05) is 17.7 Å². The number of amides is 2. The Hall–Kier alpha value is -3.06. The van der Waals surface area contributed by atoms with E-state index in [9.17, 15) is 28.1 Å². The van der Waals surface area contributed by atoms with E-state index in [4.69, 9.17) is 16.3 Å². The molecule has 13 heteroatoms. The van der Waals surface area contributed by atoms with Crippen molar-refractivity contribution >= 4 is 39.1 Å². The fourth-order valence-electron chi connectivity index (χ4n) is 2.79. The van der Waals surface area contributed by atoms with Crippen molar-refractivity contribution < 1.29 is 27.7 Å². The van der Waals surface area contributed by atoms with Gasteiger partial charge in [-0.05, 0) is 24.3 Å². The van der Waals surface area contributed by atoms with Crippen LogP contribution in [-0.2, 0) is 14.8 Å². The minimum absolute atomic E-state index is 0.0141. The van der Waals surface area contributed by atoms with Crippen LogP contribution in [0, 0.1) is 10.1 Å². The third kappa shape index (κ3) is 5.17. The number of benzene rings is 2. The summed E-state index contributed by atoms with van der Waals surface area (Å²) < 4.78 is 31.9. The highest BCUT2D eigenvalue weighted by molar-refractivity contribution is 7.89. The predicted octanol–water partition coefficient (Wildman–Crippen LogP) is 1.34. The first kappa shape index (κ1) is 22.6. The summed E-state index contributed by atoms with van der Waals surface area (Å²) in [7, 11) is -3.81. The van der Waals surface area contributed by atoms with E-state index in [0.29, 0.717) is 0 Å². The van der Waals surface area contributed by atoms with Crippen molar-refractivity contribution in [1.82, 2.24) is 15.2 Å². The van der Waals surface area contributed by atoms with Crippen LogP contribution in [0.2, 0.25) is 5.02 Å². The van der Waals surface area contributed by atoms with Gasteiger partial charge < -0.3 is 4.74 Å². The van der Waals surface area contributed by atoms with Crippen LogP contribution < -0.4 is 10.9 Å². The van der Waals surface area contributed by atoms with Gasteiger partial charge in [-0.15, -0.1) is 0 Å². The third-order valence-electron chi connectivity index (χ3n) is 4.40. The number of hydrazine groups is 1. The molecular formula is C18H17ClN4O7S. The first-order valence-electron chi connectivity index (χ1n) is 8.93.